The van der Waals surface area contributed by atoms with Crippen LogP contribution in [0.3, 0.4) is 0 Å². The van der Waals surface area contributed by atoms with Crippen molar-refractivity contribution in [1.82, 2.24) is 20.4 Å². The minimum atomic E-state index is -0.438. The molecule has 0 aliphatic carbocycles. The highest BCUT2D eigenvalue weighted by atomic mass is 32.1. The number of rotatable bonds is 6. The van der Waals surface area contributed by atoms with Gasteiger partial charge in [0.05, 0.1) is 25.3 Å². The van der Waals surface area contributed by atoms with E-state index in [1.807, 2.05) is 53.6 Å². The van der Waals surface area contributed by atoms with Gasteiger partial charge in [-0.15, -0.1) is 11.3 Å². The highest BCUT2D eigenvalue weighted by molar-refractivity contribution is 7.80. The number of nitrogens with one attached hydrogen (secondary N) is 1. The minimum Gasteiger partial charge on any atom is -0.497 e. The first-order chi connectivity index (χ1) is 16.5. The van der Waals surface area contributed by atoms with Crippen molar-refractivity contribution < 1.29 is 13.7 Å². The molecule has 0 bridgehead atoms. The second-order valence-corrected chi connectivity index (χ2v) is 9.17. The second-order valence-electron chi connectivity index (χ2n) is 7.75. The van der Waals surface area contributed by atoms with E-state index in [-0.39, 0.29) is 5.82 Å². The summed E-state index contributed by atoms with van der Waals surface area (Å²) >= 11 is 7.37. The third-order valence-corrected chi connectivity index (χ3v) is 6.88. The lowest BCUT2D eigenvalue weighted by molar-refractivity contribution is 0.396. The number of hydrogen-bond donors (Lipinski definition) is 1. The molecule has 0 radical (unpaired) electrons. The van der Waals surface area contributed by atoms with E-state index in [1.54, 1.807) is 24.5 Å². The van der Waals surface area contributed by atoms with Crippen LogP contribution in [0.2, 0.25) is 0 Å². The number of thiocarbonyl (C=S) groups is 1. The molecule has 6 nitrogen and oxygen atoms in total. The van der Waals surface area contributed by atoms with E-state index >= 15 is 0 Å². The van der Waals surface area contributed by atoms with Gasteiger partial charge in [0, 0.05) is 16.1 Å². The lowest BCUT2D eigenvalue weighted by Crippen LogP contribution is -2.45. The summed E-state index contributed by atoms with van der Waals surface area (Å²) in [5.74, 6) is 1.22. The van der Waals surface area contributed by atoms with Crippen LogP contribution in [0.15, 0.2) is 76.3 Å². The highest BCUT2D eigenvalue weighted by Crippen LogP contribution is 2.38. The predicted octanol–water partition coefficient (Wildman–Crippen LogP) is 5.81. The zero-order valence-electron chi connectivity index (χ0n) is 18.5. The number of thiophene rings is 1. The zero-order chi connectivity index (χ0) is 23.7. The van der Waals surface area contributed by atoms with E-state index in [1.165, 1.54) is 12.1 Å². The molecule has 2 aromatic heterocycles. The Kier molecular flexibility index (Phi) is 6.12. The molecule has 2 aromatic carbocycles. The number of aromatic nitrogens is 2. The molecule has 1 N–H and O–H groups in total. The summed E-state index contributed by atoms with van der Waals surface area (Å²) in [6, 6.07) is 17.5. The van der Waals surface area contributed by atoms with Crippen LogP contribution < -0.4 is 10.1 Å². The molecule has 0 amide bonds. The Hall–Kier alpha value is -3.56. The lowest BCUT2D eigenvalue weighted by atomic mass is 9.94. The van der Waals surface area contributed by atoms with Crippen molar-refractivity contribution in [3.8, 4) is 17.1 Å². The largest absolute Gasteiger partial charge is 0.497 e. The summed E-state index contributed by atoms with van der Waals surface area (Å²) in [5.41, 5.74) is 3.14. The van der Waals surface area contributed by atoms with Gasteiger partial charge in [0.15, 0.2) is 5.11 Å². The molecule has 34 heavy (non-hydrogen) atoms. The zero-order valence-corrected chi connectivity index (χ0v) is 20.1. The maximum absolute atomic E-state index is 14.1. The van der Waals surface area contributed by atoms with Gasteiger partial charge in [-0.1, -0.05) is 23.4 Å². The summed E-state index contributed by atoms with van der Waals surface area (Å²) < 4.78 is 25.1. The average Bonchev–Trinajstić information content (AvgIpc) is 3.54. The van der Waals surface area contributed by atoms with Gasteiger partial charge in [-0.05, 0) is 72.5 Å². The number of halogens is 1. The average molecular weight is 493 g/mol. The van der Waals surface area contributed by atoms with Crippen LogP contribution in [0.5, 0.6) is 5.75 Å². The number of hydrogen-bond acceptors (Lipinski definition) is 6. The van der Waals surface area contributed by atoms with E-state index in [0.717, 1.165) is 33.0 Å². The Morgan fingerprint density at radius 3 is 2.71 bits per heavy atom. The highest BCUT2D eigenvalue weighted by Gasteiger charge is 2.34. The van der Waals surface area contributed by atoms with Gasteiger partial charge < -0.3 is 19.5 Å². The van der Waals surface area contributed by atoms with Crippen LogP contribution in [0.25, 0.3) is 17.0 Å². The van der Waals surface area contributed by atoms with Crippen LogP contribution in [0, 0.1) is 5.82 Å². The third kappa shape index (κ3) is 4.32. The van der Waals surface area contributed by atoms with Crippen LogP contribution in [0.1, 0.15) is 29.3 Å². The minimum absolute atomic E-state index is 0.326. The molecular formula is C25H21FN4O2S2. The molecule has 1 aliphatic rings. The van der Waals surface area contributed by atoms with Crippen LogP contribution in [-0.2, 0) is 6.54 Å². The standard InChI is InChI=1S/C25H21FN4O2S2/c1-15-21(24-28-23(29-32-24)16-8-10-19(31-2)11-9-16)22(17-5-3-6-18(26)13-17)27-25(33)30(15)14-20-7-4-12-34-20/h3-13,22H,14H2,1-2H3,(H,27,33). The monoisotopic (exact) mass is 492 g/mol. The van der Waals surface area contributed by atoms with Crippen molar-refractivity contribution >= 4 is 34.2 Å². The van der Waals surface area contributed by atoms with Gasteiger partial charge in [-0.2, -0.15) is 4.98 Å². The Labute approximate surface area is 205 Å². The normalized spacial score (nSPS) is 16.0. The summed E-state index contributed by atoms with van der Waals surface area (Å²) in [4.78, 5) is 7.85. The maximum atomic E-state index is 14.1. The molecule has 0 fully saturated rings. The van der Waals surface area contributed by atoms with Gasteiger partial charge in [0.25, 0.3) is 5.89 Å². The van der Waals surface area contributed by atoms with Crippen molar-refractivity contribution in [2.24, 2.45) is 0 Å². The summed E-state index contributed by atoms with van der Waals surface area (Å²) in [7, 11) is 1.62. The molecule has 0 saturated carbocycles. The predicted molar refractivity (Wildman–Crippen MR) is 134 cm³/mol. The van der Waals surface area contributed by atoms with Crippen LogP contribution in [-0.4, -0.2) is 27.3 Å². The quantitative estimate of drug-likeness (QED) is 0.341. The Balaban J connectivity index is 1.58. The van der Waals surface area contributed by atoms with E-state index in [0.29, 0.717) is 23.4 Å². The number of nitrogens with zero attached hydrogens (tertiary/aromatic N) is 3. The van der Waals surface area contributed by atoms with Gasteiger partial charge in [-0.3, -0.25) is 0 Å². The smallest absolute Gasteiger partial charge is 0.258 e. The van der Waals surface area contributed by atoms with Gasteiger partial charge in [0.1, 0.15) is 11.6 Å². The molecule has 9 heteroatoms. The van der Waals surface area contributed by atoms with Crippen molar-refractivity contribution in [2.45, 2.75) is 19.5 Å². The molecule has 1 atom stereocenters. The van der Waals surface area contributed by atoms with Crippen molar-refractivity contribution in [3.05, 3.63) is 93.9 Å². The third-order valence-electron chi connectivity index (χ3n) is 5.68. The Morgan fingerprint density at radius 2 is 2.00 bits per heavy atom. The molecule has 0 saturated heterocycles. The number of benzene rings is 2. The van der Waals surface area contributed by atoms with Gasteiger partial charge in [-0.25, -0.2) is 4.39 Å². The van der Waals surface area contributed by atoms with Crippen molar-refractivity contribution in [2.75, 3.05) is 7.11 Å². The summed E-state index contributed by atoms with van der Waals surface area (Å²) in [6.07, 6.45) is 0. The Morgan fingerprint density at radius 1 is 1.18 bits per heavy atom. The molecule has 3 heterocycles. The van der Waals surface area contributed by atoms with E-state index in [2.05, 4.69) is 21.5 Å². The fraction of sp³-hybridized carbons (Fsp3) is 0.160. The molecule has 172 valence electrons. The van der Waals surface area contributed by atoms with E-state index in [4.69, 9.17) is 21.5 Å². The topological polar surface area (TPSA) is 63.4 Å². The lowest BCUT2D eigenvalue weighted by Gasteiger charge is -2.37. The second kappa shape index (κ2) is 9.36. The first-order valence-corrected chi connectivity index (χ1v) is 11.9. The fourth-order valence-corrected chi connectivity index (χ4v) is 4.95. The molecule has 0 spiro atoms. The summed E-state index contributed by atoms with van der Waals surface area (Å²) in [6.45, 7) is 2.58. The first kappa shape index (κ1) is 22.2. The molecule has 5 rings (SSSR count). The molecule has 4 aromatic rings. The fourth-order valence-electron chi connectivity index (χ4n) is 3.93. The van der Waals surface area contributed by atoms with Crippen molar-refractivity contribution in [1.29, 1.82) is 0 Å². The maximum Gasteiger partial charge on any atom is 0.258 e. The number of ether oxygens (including phenoxy) is 1. The SMILES string of the molecule is COc1ccc(-c2noc(C3=C(C)N(Cc4cccs4)C(=S)NC3c3cccc(F)c3)n2)cc1. The Bertz CT molecular complexity index is 1350. The van der Waals surface area contributed by atoms with E-state index in [9.17, 15) is 4.39 Å². The van der Waals surface area contributed by atoms with Gasteiger partial charge >= 0.3 is 0 Å². The molecular weight excluding hydrogens is 471 g/mol. The molecule has 1 unspecified atom stereocenters. The number of allylic oxidation sites excluding steroid dienone is 1. The van der Waals surface area contributed by atoms with Crippen LogP contribution in [0.4, 0.5) is 4.39 Å². The van der Waals surface area contributed by atoms with E-state index < -0.39 is 6.04 Å². The first-order valence-electron chi connectivity index (χ1n) is 10.6. The summed E-state index contributed by atoms with van der Waals surface area (Å²) in [5, 5.41) is 10.2. The van der Waals surface area contributed by atoms with Crippen LogP contribution >= 0.6 is 23.6 Å². The molecule has 1 aliphatic heterocycles. The number of methoxy groups -OCH3 is 1. The van der Waals surface area contributed by atoms with Gasteiger partial charge in [0.2, 0.25) is 5.82 Å². The van der Waals surface area contributed by atoms with Crippen molar-refractivity contribution in [3.63, 3.8) is 0 Å².